The Morgan fingerprint density at radius 2 is 0.456 bits per heavy atom. The third kappa shape index (κ3) is 19.9. The predicted octanol–water partition coefficient (Wildman–Crippen LogP) is 35.8. The highest BCUT2D eigenvalue weighted by Crippen LogP contribution is 2.54. The van der Waals surface area contributed by atoms with Crippen LogP contribution in [0.25, 0.3) is 89.0 Å². The number of anilines is 3. The van der Waals surface area contributed by atoms with Crippen molar-refractivity contribution >= 4 is 28.7 Å². The van der Waals surface area contributed by atoms with Crippen molar-refractivity contribution in [3.8, 4) is 89.0 Å². The quantitative estimate of drug-likeness (QED) is 0.125. The van der Waals surface area contributed by atoms with Crippen LogP contribution in [0, 0.1) is 0 Å². The summed E-state index contributed by atoms with van der Waals surface area (Å²) < 4.78 is 0. The van der Waals surface area contributed by atoms with Crippen LogP contribution in [0.3, 0.4) is 0 Å². The number of benzene rings is 14. The van der Waals surface area contributed by atoms with Crippen LogP contribution in [-0.4, -0.2) is 0 Å². The third-order valence-corrected chi connectivity index (χ3v) is 26.5. The van der Waals surface area contributed by atoms with E-state index >= 15 is 0 Å². The first-order valence-electron chi connectivity index (χ1n) is 45.6. The fraction of sp³-hybridized carbons (Fsp3) is 0.317. The van der Waals surface area contributed by atoms with E-state index in [0.29, 0.717) is 0 Å². The summed E-state index contributed by atoms with van der Waals surface area (Å²) in [4.78, 5) is 2.50. The van der Waals surface area contributed by atoms with E-state index in [0.717, 1.165) is 28.5 Å². The SMILES string of the molecule is CC(C)(C)c1cc(-c2cc(-c3cc(C(C)(C)C)cc(C(C)(C)C)c3)cc(N(c3ccc(-c4ccccc4)cc3)c3ccc4c(c3)C(C)(C)c3ccccc3-4)c2)cc(C(C)(C)C)c1.CC(C)(C)c1cc(-c2cc(Cl)cc(-c3cc(C(C)(C)C)cc(C(C)(C)C)c3)c2)cc(C(C)(C)C)c1.CC1(C)c2ccccc2-c2ccc(Cc3ccc(-c4ccccc4)cc3)cc21. The van der Waals surface area contributed by atoms with E-state index in [1.54, 1.807) is 0 Å². The van der Waals surface area contributed by atoms with Crippen LogP contribution in [0.2, 0.25) is 5.02 Å². The normalized spacial score (nSPS) is 13.6. The number of nitrogens with zero attached hydrogens (tertiary/aromatic N) is 1. The first-order chi connectivity index (χ1) is 58.4. The van der Waals surface area contributed by atoms with Crippen molar-refractivity contribution in [3.05, 3.63) is 386 Å². The van der Waals surface area contributed by atoms with Gasteiger partial charge in [-0.05, 0) is 277 Å². The fourth-order valence-corrected chi connectivity index (χ4v) is 18.1. The van der Waals surface area contributed by atoms with Gasteiger partial charge in [-0.2, -0.15) is 0 Å². The Morgan fingerprint density at radius 1 is 0.200 bits per heavy atom. The van der Waals surface area contributed by atoms with Gasteiger partial charge >= 0.3 is 0 Å². The molecule has 2 heteroatoms. The molecule has 0 fully saturated rings. The lowest BCUT2D eigenvalue weighted by Gasteiger charge is -2.30. The molecular formula is C123H136ClN. The molecule has 0 N–H and O–H groups in total. The molecule has 0 saturated heterocycles. The summed E-state index contributed by atoms with van der Waals surface area (Å²) in [6.07, 6.45) is 0.967. The van der Waals surface area contributed by atoms with Gasteiger partial charge in [-0.15, -0.1) is 0 Å². The Morgan fingerprint density at radius 3 is 0.792 bits per heavy atom. The maximum atomic E-state index is 6.77. The minimum absolute atomic E-state index is 0.0135. The number of fused-ring (bicyclic) bond motifs is 6. The number of hydrogen-bond donors (Lipinski definition) is 0. The van der Waals surface area contributed by atoms with Crippen LogP contribution >= 0.6 is 11.6 Å². The number of hydrogen-bond acceptors (Lipinski definition) is 1. The van der Waals surface area contributed by atoms with Gasteiger partial charge in [-0.25, -0.2) is 0 Å². The van der Waals surface area contributed by atoms with Crippen LogP contribution in [-0.2, 0) is 60.6 Å². The lowest BCUT2D eigenvalue weighted by atomic mass is 9.78. The molecule has 0 heterocycles. The van der Waals surface area contributed by atoms with Crippen LogP contribution in [0.15, 0.2) is 303 Å². The van der Waals surface area contributed by atoms with Crippen molar-refractivity contribution in [2.24, 2.45) is 0 Å². The minimum atomic E-state index is -0.134. The second-order valence-corrected chi connectivity index (χ2v) is 45.6. The Bertz CT molecular complexity index is 5960. The highest BCUT2D eigenvalue weighted by molar-refractivity contribution is 6.31. The molecule has 14 aromatic carbocycles. The van der Waals surface area contributed by atoms with E-state index in [1.807, 2.05) is 0 Å². The predicted molar refractivity (Wildman–Crippen MR) is 546 cm³/mol. The summed E-state index contributed by atoms with van der Waals surface area (Å²) in [7, 11) is 0. The van der Waals surface area contributed by atoms with Gasteiger partial charge in [0.15, 0.2) is 0 Å². The van der Waals surface area contributed by atoms with E-state index in [1.165, 1.54) is 167 Å². The topological polar surface area (TPSA) is 3.24 Å². The van der Waals surface area contributed by atoms with E-state index in [9.17, 15) is 0 Å². The largest absolute Gasteiger partial charge is 0.310 e. The zero-order valence-electron chi connectivity index (χ0n) is 80.4. The third-order valence-electron chi connectivity index (χ3n) is 26.2. The molecule has 0 saturated carbocycles. The van der Waals surface area contributed by atoms with E-state index < -0.39 is 0 Å². The summed E-state index contributed by atoms with van der Waals surface area (Å²) >= 11 is 6.77. The van der Waals surface area contributed by atoms with E-state index in [4.69, 9.17) is 11.6 Å². The highest BCUT2D eigenvalue weighted by atomic mass is 35.5. The molecule has 2 aliphatic carbocycles. The summed E-state index contributed by atoms with van der Waals surface area (Å²) in [5, 5.41) is 0.773. The molecule has 2 aliphatic rings. The lowest BCUT2D eigenvalue weighted by Crippen LogP contribution is -2.17. The molecule has 0 radical (unpaired) electrons. The second-order valence-electron chi connectivity index (χ2n) is 45.1. The average molecular weight is 1660 g/mol. The van der Waals surface area contributed by atoms with E-state index in [-0.39, 0.29) is 54.1 Å². The molecule has 125 heavy (non-hydrogen) atoms. The van der Waals surface area contributed by atoms with Gasteiger partial charge in [-0.1, -0.05) is 448 Å². The van der Waals surface area contributed by atoms with Crippen molar-refractivity contribution < 1.29 is 0 Å². The van der Waals surface area contributed by atoms with Crippen molar-refractivity contribution in [2.75, 3.05) is 4.90 Å². The van der Waals surface area contributed by atoms with Crippen LogP contribution < -0.4 is 4.90 Å². The molecule has 0 unspecified atom stereocenters. The molecule has 0 amide bonds. The van der Waals surface area contributed by atoms with Gasteiger partial charge in [0.1, 0.15) is 0 Å². The first-order valence-corrected chi connectivity index (χ1v) is 45.9. The molecule has 14 aromatic rings. The highest BCUT2D eigenvalue weighted by Gasteiger charge is 2.38. The maximum Gasteiger partial charge on any atom is 0.0473 e. The van der Waals surface area contributed by atoms with Gasteiger partial charge in [0.05, 0.1) is 0 Å². The molecule has 640 valence electrons. The minimum Gasteiger partial charge on any atom is -0.310 e. The molecule has 0 bridgehead atoms. The van der Waals surface area contributed by atoms with Crippen molar-refractivity contribution in [3.63, 3.8) is 0 Å². The molecule has 0 aromatic heterocycles. The summed E-state index contributed by atoms with van der Waals surface area (Å²) in [6.45, 7) is 64.9. The molecule has 16 rings (SSSR count). The van der Waals surface area contributed by atoms with E-state index in [2.05, 4.69) is 502 Å². The summed E-state index contributed by atoms with van der Waals surface area (Å²) in [6, 6.07) is 114. The van der Waals surface area contributed by atoms with Gasteiger partial charge < -0.3 is 4.90 Å². The van der Waals surface area contributed by atoms with Crippen molar-refractivity contribution in [1.82, 2.24) is 0 Å². The smallest absolute Gasteiger partial charge is 0.0473 e. The van der Waals surface area contributed by atoms with Crippen LogP contribution in [0.1, 0.15) is 272 Å². The molecule has 0 spiro atoms. The monoisotopic (exact) mass is 1660 g/mol. The number of rotatable bonds is 11. The number of halogens is 1. The Balaban J connectivity index is 0.000000169. The van der Waals surface area contributed by atoms with Crippen molar-refractivity contribution in [1.29, 1.82) is 0 Å². The fourth-order valence-electron chi connectivity index (χ4n) is 17.9. The molecule has 1 nitrogen and oxygen atoms in total. The first kappa shape index (κ1) is 90.4. The van der Waals surface area contributed by atoms with Crippen molar-refractivity contribution in [2.45, 2.75) is 254 Å². The second kappa shape index (κ2) is 33.8. The van der Waals surface area contributed by atoms with Gasteiger partial charge in [0, 0.05) is 32.9 Å². The Hall–Kier alpha value is -10.8. The van der Waals surface area contributed by atoms with Gasteiger partial charge in [0.25, 0.3) is 0 Å². The molecule has 0 atom stereocenters. The van der Waals surface area contributed by atoms with Crippen LogP contribution in [0.4, 0.5) is 17.1 Å². The Labute approximate surface area is 757 Å². The van der Waals surface area contributed by atoms with Crippen LogP contribution in [0.5, 0.6) is 0 Å². The summed E-state index contributed by atoms with van der Waals surface area (Å²) in [5.41, 5.74) is 42.9. The van der Waals surface area contributed by atoms with Gasteiger partial charge in [0.2, 0.25) is 0 Å². The summed E-state index contributed by atoms with van der Waals surface area (Å²) in [5.74, 6) is 0. The van der Waals surface area contributed by atoms with Gasteiger partial charge in [-0.3, -0.25) is 0 Å². The standard InChI is InChI=1S/C61H67N.C34H45Cl.C28H24/c1-57(2,3)46-31-44(32-47(37-46)58(4,5)6)42-30-43(45-33-48(59(7,8)9)38-49(34-45)60(10,11)12)36-52(35-42)62(50-26-24-41(25-27-50)40-20-16-15-17-21-40)51-28-29-54-53-22-18-19-23-55(53)61(13,14)56(54)39-51;1-31(2,3)26-14-24(15-27(20-26)32(4,5)6)22-13-23(19-30(35)18-22)25-16-28(33(7,8)9)21-29(17-25)34(10,11)12;1-28(2)26-11-7-6-10-24(26)25-17-14-21(19-27(25)28)18-20-12-15-23(16-13-20)22-8-4-3-5-9-22/h15-39H,1-14H3;13-21H,1-12H3;3-17,19H,18H2,1-2H3. The lowest BCUT2D eigenvalue weighted by molar-refractivity contribution is 0.568. The average Bonchev–Trinajstić information content (AvgIpc) is 1.59. The zero-order valence-corrected chi connectivity index (χ0v) is 81.2. The Kier molecular flexibility index (Phi) is 24.5. The molecule has 0 aliphatic heterocycles. The maximum absolute atomic E-state index is 6.77. The molecular weight excluding hydrogens is 1530 g/mol. The zero-order chi connectivity index (χ0) is 90.3.